The highest BCUT2D eigenvalue weighted by Crippen LogP contribution is 2.30. The van der Waals surface area contributed by atoms with Crippen LogP contribution in [-0.4, -0.2) is 49.4 Å². The van der Waals surface area contributed by atoms with Gasteiger partial charge in [0.15, 0.2) is 0 Å². The van der Waals surface area contributed by atoms with Crippen LogP contribution in [0.3, 0.4) is 0 Å². The average Bonchev–Trinajstić information content (AvgIpc) is 2.69. The zero-order chi connectivity index (χ0) is 18.8. The van der Waals surface area contributed by atoms with Crippen molar-refractivity contribution in [1.82, 2.24) is 0 Å². The molecule has 0 radical (unpaired) electrons. The molecule has 4 nitrogen and oxygen atoms in total. The molecule has 0 spiro atoms. The third kappa shape index (κ3) is 7.25. The predicted octanol–water partition coefficient (Wildman–Crippen LogP) is 4.45. The van der Waals surface area contributed by atoms with Crippen molar-refractivity contribution in [2.45, 2.75) is 22.0 Å². The minimum absolute atomic E-state index is 0.114. The van der Waals surface area contributed by atoms with E-state index in [0.29, 0.717) is 18.2 Å². The highest BCUT2D eigenvalue weighted by Gasteiger charge is 2.07. The molecule has 1 N–H and O–H groups in total. The first-order chi connectivity index (χ1) is 12.6. The first-order valence-corrected chi connectivity index (χ1v) is 9.99. The summed E-state index contributed by atoms with van der Waals surface area (Å²) in [6.45, 7) is 0.609. The molecule has 26 heavy (non-hydrogen) atoms. The molecule has 0 saturated heterocycles. The Morgan fingerprint density at radius 1 is 0.846 bits per heavy atom. The van der Waals surface area contributed by atoms with Gasteiger partial charge in [0.1, 0.15) is 36.9 Å². The van der Waals surface area contributed by atoms with E-state index in [9.17, 15) is 5.11 Å². The summed E-state index contributed by atoms with van der Waals surface area (Å²) in [7, 11) is 1.62. The standard InChI is InChI=1S/C19H22Cl2O4S/c1-23-17(11-21)13-25-16-4-8-19(9-5-16)26-18-6-2-15(3-7-18)24-12-14(22)10-20/h2-9,14,17,22H,10-13H2,1H3/t14?,17-/m1/s1. The van der Waals surface area contributed by atoms with Gasteiger partial charge in [-0.15, -0.1) is 23.2 Å². The van der Waals surface area contributed by atoms with Crippen LogP contribution in [0.15, 0.2) is 58.3 Å². The summed E-state index contributed by atoms with van der Waals surface area (Å²) in [5.41, 5.74) is 0. The Morgan fingerprint density at radius 2 is 1.35 bits per heavy atom. The monoisotopic (exact) mass is 416 g/mol. The van der Waals surface area contributed by atoms with E-state index in [0.717, 1.165) is 15.5 Å². The highest BCUT2D eigenvalue weighted by atomic mass is 35.5. The Kier molecular flexibility index (Phi) is 9.43. The minimum Gasteiger partial charge on any atom is -0.491 e. The lowest BCUT2D eigenvalue weighted by molar-refractivity contribution is 0.0740. The van der Waals surface area contributed by atoms with Crippen LogP contribution in [0.4, 0.5) is 0 Å². The maximum atomic E-state index is 9.40. The largest absolute Gasteiger partial charge is 0.491 e. The molecule has 0 fully saturated rings. The SMILES string of the molecule is CO[C@H](CCl)COc1ccc(Sc2ccc(OCC(O)CCl)cc2)cc1. The molecule has 0 amide bonds. The van der Waals surface area contributed by atoms with Gasteiger partial charge in [-0.3, -0.25) is 0 Å². The van der Waals surface area contributed by atoms with Gasteiger partial charge in [-0.1, -0.05) is 11.8 Å². The third-order valence-electron chi connectivity index (χ3n) is 3.44. The molecule has 7 heteroatoms. The third-order valence-corrected chi connectivity index (χ3v) is 5.16. The van der Waals surface area contributed by atoms with E-state index in [1.165, 1.54) is 0 Å². The summed E-state index contributed by atoms with van der Waals surface area (Å²) in [6.07, 6.45) is -0.771. The zero-order valence-corrected chi connectivity index (χ0v) is 16.8. The van der Waals surface area contributed by atoms with Gasteiger partial charge in [-0.25, -0.2) is 0 Å². The number of ether oxygens (including phenoxy) is 3. The first kappa shape index (κ1) is 21.2. The molecule has 142 valence electrons. The molecule has 2 rings (SSSR count). The van der Waals surface area contributed by atoms with Gasteiger partial charge in [-0.05, 0) is 48.5 Å². The quantitative estimate of drug-likeness (QED) is 0.548. The van der Waals surface area contributed by atoms with Gasteiger partial charge in [0.2, 0.25) is 0 Å². The molecule has 0 saturated carbocycles. The Hall–Kier alpha value is -1.11. The Morgan fingerprint density at radius 3 is 1.77 bits per heavy atom. The summed E-state index contributed by atoms with van der Waals surface area (Å²) in [6, 6.07) is 15.5. The lowest BCUT2D eigenvalue weighted by Gasteiger charge is -2.13. The molecule has 1 unspecified atom stereocenters. The maximum absolute atomic E-state index is 9.40. The second kappa shape index (κ2) is 11.6. The van der Waals surface area contributed by atoms with Crippen LogP contribution >= 0.6 is 35.0 Å². The Labute approximate surface area is 168 Å². The van der Waals surface area contributed by atoms with Crippen molar-refractivity contribution in [2.24, 2.45) is 0 Å². The maximum Gasteiger partial charge on any atom is 0.119 e. The van der Waals surface area contributed by atoms with Crippen LogP contribution in [0.2, 0.25) is 0 Å². The molecular weight excluding hydrogens is 395 g/mol. The molecule has 2 aromatic carbocycles. The van der Waals surface area contributed by atoms with E-state index in [1.54, 1.807) is 18.9 Å². The number of rotatable bonds is 11. The molecule has 0 heterocycles. The number of halogens is 2. The Bertz CT molecular complexity index is 633. The number of alkyl halides is 2. The number of hydrogen-bond donors (Lipinski definition) is 1. The second-order valence-electron chi connectivity index (χ2n) is 5.49. The van der Waals surface area contributed by atoms with E-state index < -0.39 is 6.10 Å². The number of aliphatic hydroxyl groups is 1. The summed E-state index contributed by atoms with van der Waals surface area (Å²) < 4.78 is 16.3. The van der Waals surface area contributed by atoms with Crippen LogP contribution in [0.1, 0.15) is 0 Å². The fourth-order valence-electron chi connectivity index (χ4n) is 1.95. The molecular formula is C19H22Cl2O4S. The van der Waals surface area contributed by atoms with Crippen molar-refractivity contribution in [1.29, 1.82) is 0 Å². The fraction of sp³-hybridized carbons (Fsp3) is 0.368. The van der Waals surface area contributed by atoms with E-state index in [2.05, 4.69) is 0 Å². The number of benzene rings is 2. The molecule has 2 atom stereocenters. The predicted molar refractivity (Wildman–Crippen MR) is 106 cm³/mol. The smallest absolute Gasteiger partial charge is 0.119 e. The van der Waals surface area contributed by atoms with Crippen molar-refractivity contribution in [3.05, 3.63) is 48.5 Å². The van der Waals surface area contributed by atoms with Gasteiger partial charge >= 0.3 is 0 Å². The fourth-order valence-corrected chi connectivity index (χ4v) is 3.07. The molecule has 0 bridgehead atoms. The molecule has 0 aliphatic heterocycles. The molecule has 0 aliphatic rings. The van der Waals surface area contributed by atoms with E-state index in [1.807, 2.05) is 48.5 Å². The van der Waals surface area contributed by atoms with Crippen molar-refractivity contribution in [3.8, 4) is 11.5 Å². The molecule has 0 aromatic heterocycles. The van der Waals surface area contributed by atoms with Gasteiger partial charge < -0.3 is 19.3 Å². The molecule has 0 aliphatic carbocycles. The van der Waals surface area contributed by atoms with E-state index >= 15 is 0 Å². The van der Waals surface area contributed by atoms with Crippen LogP contribution in [0, 0.1) is 0 Å². The summed E-state index contributed by atoms with van der Waals surface area (Å²) in [5, 5.41) is 9.40. The van der Waals surface area contributed by atoms with E-state index in [-0.39, 0.29) is 18.6 Å². The summed E-state index contributed by atoms with van der Waals surface area (Å²) in [4.78, 5) is 2.19. The minimum atomic E-state index is -0.657. The van der Waals surface area contributed by atoms with Gasteiger partial charge in [0.05, 0.1) is 11.8 Å². The van der Waals surface area contributed by atoms with Crippen molar-refractivity contribution < 1.29 is 19.3 Å². The number of hydrogen-bond acceptors (Lipinski definition) is 5. The van der Waals surface area contributed by atoms with Gasteiger partial charge in [0.25, 0.3) is 0 Å². The van der Waals surface area contributed by atoms with Gasteiger partial charge in [-0.2, -0.15) is 0 Å². The van der Waals surface area contributed by atoms with Crippen molar-refractivity contribution in [3.63, 3.8) is 0 Å². The second-order valence-corrected chi connectivity index (χ2v) is 7.25. The normalized spacial score (nSPS) is 13.2. The van der Waals surface area contributed by atoms with Crippen LogP contribution in [-0.2, 0) is 4.74 Å². The van der Waals surface area contributed by atoms with Crippen molar-refractivity contribution >= 4 is 35.0 Å². The van der Waals surface area contributed by atoms with Crippen molar-refractivity contribution in [2.75, 3.05) is 32.1 Å². The topological polar surface area (TPSA) is 47.9 Å². The Balaban J connectivity index is 1.84. The van der Waals surface area contributed by atoms with Crippen LogP contribution in [0.25, 0.3) is 0 Å². The zero-order valence-electron chi connectivity index (χ0n) is 14.4. The highest BCUT2D eigenvalue weighted by molar-refractivity contribution is 7.99. The molecule has 2 aromatic rings. The summed E-state index contributed by atoms with van der Waals surface area (Å²) in [5.74, 6) is 2.04. The first-order valence-electron chi connectivity index (χ1n) is 8.11. The lowest BCUT2D eigenvalue weighted by atomic mass is 10.3. The van der Waals surface area contributed by atoms with Crippen LogP contribution in [0.5, 0.6) is 11.5 Å². The number of aliphatic hydroxyl groups excluding tert-OH is 1. The van der Waals surface area contributed by atoms with Crippen LogP contribution < -0.4 is 9.47 Å². The van der Waals surface area contributed by atoms with Gasteiger partial charge in [0, 0.05) is 16.9 Å². The average molecular weight is 417 g/mol. The number of methoxy groups -OCH3 is 1. The van der Waals surface area contributed by atoms with E-state index in [4.69, 9.17) is 37.4 Å². The lowest BCUT2D eigenvalue weighted by Crippen LogP contribution is -2.21. The summed E-state index contributed by atoms with van der Waals surface area (Å²) >= 11 is 12.9.